The van der Waals surface area contributed by atoms with E-state index < -0.39 is 29.2 Å². The number of methoxy groups -OCH3 is 2. The van der Waals surface area contributed by atoms with Gasteiger partial charge < -0.3 is 24.1 Å². The van der Waals surface area contributed by atoms with Crippen molar-refractivity contribution in [1.29, 1.82) is 0 Å². The highest BCUT2D eigenvalue weighted by Crippen LogP contribution is 2.62. The Kier molecular flexibility index (Phi) is 5.96. The molecule has 0 saturated carbocycles. The zero-order valence-electron chi connectivity index (χ0n) is 24.5. The van der Waals surface area contributed by atoms with Crippen molar-refractivity contribution in [2.45, 2.75) is 17.5 Å². The van der Waals surface area contributed by atoms with Gasteiger partial charge in [-0.3, -0.25) is 14.4 Å². The van der Waals surface area contributed by atoms with E-state index in [4.69, 9.17) is 13.9 Å². The van der Waals surface area contributed by atoms with Crippen LogP contribution >= 0.6 is 0 Å². The van der Waals surface area contributed by atoms with Crippen LogP contribution in [0.5, 0.6) is 11.5 Å². The van der Waals surface area contributed by atoms with Crippen LogP contribution in [0.2, 0.25) is 0 Å². The number of carbonyl (C=O) groups excluding carboxylic acids is 3. The molecule has 1 N–H and O–H groups in total. The standard InChI is InChI=1S/C37H28N2O6/c1-43-23-15-16-29(44-2)25(20-23)33(40)32-31(34(41)30-19-22-10-4-8-14-28(22)45-30)37(26-12-6-7-13-27(26)38-36(37)42)35-24-11-5-3-9-21(24)17-18-39(32)35/h3-20,31-32,35H,1-2H3,(H,38,42)/t31-,32+,35-,37+/m1/s1. The molecule has 222 valence electrons. The van der Waals surface area contributed by atoms with Crippen molar-refractivity contribution in [2.75, 3.05) is 19.5 Å². The van der Waals surface area contributed by atoms with Crippen LogP contribution in [0.3, 0.4) is 0 Å². The first-order valence-corrected chi connectivity index (χ1v) is 14.7. The fourth-order valence-electron chi connectivity index (χ4n) is 7.59. The summed E-state index contributed by atoms with van der Waals surface area (Å²) in [7, 11) is 3.01. The molecule has 4 atom stereocenters. The second-order valence-corrected chi connectivity index (χ2v) is 11.5. The number of Topliss-reactive ketones (excluding diaryl/α,β-unsaturated/α-hetero) is 2. The number of ketones is 2. The smallest absolute Gasteiger partial charge is 0.238 e. The van der Waals surface area contributed by atoms with Gasteiger partial charge in [0, 0.05) is 17.3 Å². The molecule has 3 aliphatic heterocycles. The van der Waals surface area contributed by atoms with Gasteiger partial charge in [-0.15, -0.1) is 0 Å². The third-order valence-corrected chi connectivity index (χ3v) is 9.46. The van der Waals surface area contributed by atoms with Crippen LogP contribution in [0, 0.1) is 5.92 Å². The average molecular weight is 597 g/mol. The topological polar surface area (TPSA) is 98.1 Å². The number of hydrogen-bond acceptors (Lipinski definition) is 7. The summed E-state index contributed by atoms with van der Waals surface area (Å²) in [4.78, 5) is 46.6. The molecule has 8 nitrogen and oxygen atoms in total. The van der Waals surface area contributed by atoms with Crippen molar-refractivity contribution in [1.82, 2.24) is 4.90 Å². The first-order chi connectivity index (χ1) is 22.0. The lowest BCUT2D eigenvalue weighted by molar-refractivity contribution is -0.122. The molecule has 1 saturated heterocycles. The minimum Gasteiger partial charge on any atom is -0.497 e. The predicted molar refractivity (Wildman–Crippen MR) is 169 cm³/mol. The van der Waals surface area contributed by atoms with E-state index in [2.05, 4.69) is 5.32 Å². The number of fused-ring (bicyclic) bond motifs is 7. The Balaban J connectivity index is 1.43. The molecule has 1 fully saturated rings. The van der Waals surface area contributed by atoms with Crippen LogP contribution in [-0.2, 0) is 10.2 Å². The second kappa shape index (κ2) is 9.95. The van der Waals surface area contributed by atoms with E-state index >= 15 is 9.59 Å². The van der Waals surface area contributed by atoms with Crippen molar-refractivity contribution >= 4 is 40.2 Å². The van der Waals surface area contributed by atoms with E-state index in [1.807, 2.05) is 83.9 Å². The minimum absolute atomic E-state index is 0.0882. The summed E-state index contributed by atoms with van der Waals surface area (Å²) >= 11 is 0. The van der Waals surface area contributed by atoms with Gasteiger partial charge in [-0.1, -0.05) is 60.7 Å². The number of anilines is 1. The Morgan fingerprint density at radius 3 is 2.47 bits per heavy atom. The van der Waals surface area contributed by atoms with Gasteiger partial charge in [-0.25, -0.2) is 0 Å². The maximum Gasteiger partial charge on any atom is 0.238 e. The summed E-state index contributed by atoms with van der Waals surface area (Å²) in [6, 6.07) is 27.5. The predicted octanol–water partition coefficient (Wildman–Crippen LogP) is 6.43. The first kappa shape index (κ1) is 27.0. The van der Waals surface area contributed by atoms with Crippen LogP contribution in [-0.4, -0.2) is 42.6 Å². The van der Waals surface area contributed by atoms with Crippen LogP contribution in [0.1, 0.15) is 43.6 Å². The Hall–Kier alpha value is -5.63. The van der Waals surface area contributed by atoms with E-state index in [-0.39, 0.29) is 23.0 Å². The van der Waals surface area contributed by atoms with E-state index in [0.29, 0.717) is 28.3 Å². The Morgan fingerprint density at radius 1 is 0.867 bits per heavy atom. The van der Waals surface area contributed by atoms with E-state index in [1.165, 1.54) is 14.2 Å². The quantitative estimate of drug-likeness (QED) is 0.226. The molecule has 0 radical (unpaired) electrons. The lowest BCUT2D eigenvalue weighted by Gasteiger charge is -2.38. The molecule has 45 heavy (non-hydrogen) atoms. The molecule has 8 heteroatoms. The van der Waals surface area contributed by atoms with E-state index in [1.54, 1.807) is 30.3 Å². The lowest BCUT2D eigenvalue weighted by atomic mass is 9.63. The van der Waals surface area contributed by atoms with Gasteiger partial charge >= 0.3 is 0 Å². The minimum atomic E-state index is -1.47. The molecule has 0 bridgehead atoms. The Labute approximate surface area is 258 Å². The maximum absolute atomic E-state index is 15.1. The van der Waals surface area contributed by atoms with Gasteiger partial charge in [-0.2, -0.15) is 0 Å². The number of ether oxygens (including phenoxy) is 2. The molecule has 4 aromatic carbocycles. The molecule has 3 aliphatic rings. The van der Waals surface area contributed by atoms with Gasteiger partial charge in [0.25, 0.3) is 0 Å². The largest absolute Gasteiger partial charge is 0.497 e. The number of hydrogen-bond donors (Lipinski definition) is 1. The monoisotopic (exact) mass is 596 g/mol. The fourth-order valence-corrected chi connectivity index (χ4v) is 7.59. The molecule has 8 rings (SSSR count). The molecule has 1 aromatic heterocycles. The number of carbonyl (C=O) groups is 3. The Bertz CT molecular complexity index is 2050. The van der Waals surface area contributed by atoms with Crippen LogP contribution < -0.4 is 14.8 Å². The van der Waals surface area contributed by atoms with Crippen LogP contribution in [0.15, 0.2) is 108 Å². The number of amides is 1. The number of para-hydroxylation sites is 2. The SMILES string of the molecule is COc1ccc(OC)c(C(=O)[C@@H]2[C@H](C(=O)c3cc4ccccc4o3)[C@]3(C(=O)Nc4ccccc43)[C@H]3c4ccccc4C=CN23)c1. The highest BCUT2D eigenvalue weighted by atomic mass is 16.5. The summed E-state index contributed by atoms with van der Waals surface area (Å²) in [5.74, 6) is -1.43. The fraction of sp³-hybridized carbons (Fsp3) is 0.162. The molecule has 1 spiro atoms. The van der Waals surface area contributed by atoms with Crippen molar-refractivity contribution < 1.29 is 28.3 Å². The average Bonchev–Trinajstić information content (AvgIpc) is 3.74. The zero-order valence-corrected chi connectivity index (χ0v) is 24.5. The number of rotatable bonds is 6. The van der Waals surface area contributed by atoms with Gasteiger partial charge in [0.15, 0.2) is 11.5 Å². The number of benzene rings is 4. The summed E-state index contributed by atoms with van der Waals surface area (Å²) in [6.07, 6.45) is 3.76. The van der Waals surface area contributed by atoms with E-state index in [0.717, 1.165) is 16.5 Å². The molecule has 0 unspecified atom stereocenters. The van der Waals surface area contributed by atoms with Gasteiger partial charge in [-0.05, 0) is 59.2 Å². The van der Waals surface area contributed by atoms with Crippen molar-refractivity contribution in [3.05, 3.63) is 131 Å². The number of nitrogens with one attached hydrogen (secondary N) is 1. The number of nitrogens with zero attached hydrogens (tertiary/aromatic N) is 1. The highest BCUT2D eigenvalue weighted by molar-refractivity contribution is 6.17. The first-order valence-electron chi connectivity index (χ1n) is 14.7. The second-order valence-electron chi connectivity index (χ2n) is 11.5. The maximum atomic E-state index is 15.1. The van der Waals surface area contributed by atoms with Gasteiger partial charge in [0.1, 0.15) is 28.5 Å². The van der Waals surface area contributed by atoms with Crippen molar-refractivity contribution in [3.63, 3.8) is 0 Å². The third-order valence-electron chi connectivity index (χ3n) is 9.46. The molecule has 1 amide bonds. The normalized spacial score (nSPS) is 22.6. The van der Waals surface area contributed by atoms with Crippen LogP contribution in [0.25, 0.3) is 17.0 Å². The summed E-state index contributed by atoms with van der Waals surface area (Å²) in [5, 5.41) is 3.82. The van der Waals surface area contributed by atoms with Gasteiger partial charge in [0.05, 0.1) is 31.7 Å². The van der Waals surface area contributed by atoms with Crippen molar-refractivity contribution in [3.8, 4) is 11.5 Å². The zero-order chi connectivity index (χ0) is 30.9. The van der Waals surface area contributed by atoms with E-state index in [9.17, 15) is 4.79 Å². The molecule has 4 heterocycles. The summed E-state index contributed by atoms with van der Waals surface area (Å²) in [6.45, 7) is 0. The molecular weight excluding hydrogens is 568 g/mol. The Morgan fingerprint density at radius 2 is 1.64 bits per heavy atom. The van der Waals surface area contributed by atoms with Gasteiger partial charge in [0.2, 0.25) is 11.7 Å². The molecule has 0 aliphatic carbocycles. The lowest BCUT2D eigenvalue weighted by Crippen LogP contribution is -2.49. The summed E-state index contributed by atoms with van der Waals surface area (Å²) in [5.41, 5.74) is 2.37. The van der Waals surface area contributed by atoms with Crippen LogP contribution in [0.4, 0.5) is 5.69 Å². The van der Waals surface area contributed by atoms with Crippen molar-refractivity contribution in [2.24, 2.45) is 5.92 Å². The number of furan rings is 1. The third kappa shape index (κ3) is 3.68. The molecule has 5 aromatic rings. The highest BCUT2D eigenvalue weighted by Gasteiger charge is 2.71. The summed E-state index contributed by atoms with van der Waals surface area (Å²) < 4.78 is 17.2. The molecular formula is C37H28N2O6.